The van der Waals surface area contributed by atoms with Gasteiger partial charge in [-0.3, -0.25) is 4.57 Å². The van der Waals surface area contributed by atoms with Crippen LogP contribution in [0.5, 0.6) is 0 Å². The normalized spacial score (nSPS) is 15.2. The second kappa shape index (κ2) is 3.35. The Kier molecular flexibility index (Phi) is 2.58. The lowest BCUT2D eigenvalue weighted by molar-refractivity contribution is -0.143. The van der Waals surface area contributed by atoms with Gasteiger partial charge in [-0.25, -0.2) is 5.26 Å². The van der Waals surface area contributed by atoms with E-state index >= 15 is 0 Å². The molecule has 13 heavy (non-hydrogen) atoms. The van der Waals surface area contributed by atoms with Crippen molar-refractivity contribution in [2.45, 2.75) is 0 Å². The van der Waals surface area contributed by atoms with Crippen molar-refractivity contribution in [3.8, 4) is 0 Å². The van der Waals surface area contributed by atoms with E-state index in [1.54, 1.807) is 0 Å². The minimum Gasteiger partial charge on any atom is -0.399 e. The molecule has 0 saturated carbocycles. The molecule has 1 aromatic carbocycles. The Morgan fingerprint density at radius 2 is 2.00 bits per heavy atom. The molecule has 1 unspecified atom stereocenters. The quantitative estimate of drug-likeness (QED) is 0.235. The van der Waals surface area contributed by atoms with E-state index in [1.165, 1.54) is 18.2 Å². The molecule has 72 valence electrons. The molecule has 0 heterocycles. The highest BCUT2D eigenvalue weighted by Crippen LogP contribution is 2.41. The summed E-state index contributed by atoms with van der Waals surface area (Å²) in [7, 11) is -4.24. The third kappa shape index (κ3) is 1.99. The highest BCUT2D eigenvalue weighted by atomic mass is 31.2. The first-order valence-electron chi connectivity index (χ1n) is 3.29. The highest BCUT2D eigenvalue weighted by molar-refractivity contribution is 7.61. The van der Waals surface area contributed by atoms with Gasteiger partial charge in [-0.15, -0.1) is 4.67 Å². The number of rotatable bonds is 2. The molecule has 7 heteroatoms. The average molecular weight is 204 g/mol. The third-order valence-corrected chi connectivity index (χ3v) is 2.69. The van der Waals surface area contributed by atoms with Gasteiger partial charge in [0.25, 0.3) is 0 Å². The molecule has 1 atom stereocenters. The van der Waals surface area contributed by atoms with Gasteiger partial charge in [-0.05, 0) is 18.2 Å². The van der Waals surface area contributed by atoms with Gasteiger partial charge in [0.05, 0.1) is 5.30 Å². The number of hydrogen-bond donors (Lipinski definition) is 4. The van der Waals surface area contributed by atoms with Gasteiger partial charge < -0.3 is 16.4 Å². The topological polar surface area (TPSA) is 119 Å². The van der Waals surface area contributed by atoms with Crippen LogP contribution in [0.2, 0.25) is 0 Å². The lowest BCUT2D eigenvalue weighted by Crippen LogP contribution is -2.12. The fourth-order valence-corrected chi connectivity index (χ4v) is 1.65. The van der Waals surface area contributed by atoms with Crippen LogP contribution in [0.15, 0.2) is 18.2 Å². The van der Waals surface area contributed by atoms with Gasteiger partial charge in [0, 0.05) is 11.4 Å². The molecule has 0 aromatic heterocycles. The highest BCUT2D eigenvalue weighted by Gasteiger charge is 2.25. The van der Waals surface area contributed by atoms with Crippen molar-refractivity contribution in [2.75, 3.05) is 11.5 Å². The summed E-state index contributed by atoms with van der Waals surface area (Å²) in [6, 6.07) is 4.00. The van der Waals surface area contributed by atoms with Crippen molar-refractivity contribution >= 4 is 24.3 Å². The number of nitrogen functional groups attached to an aromatic ring is 2. The summed E-state index contributed by atoms with van der Waals surface area (Å²) in [5.41, 5.74) is 11.0. The monoisotopic (exact) mass is 204 g/mol. The maximum absolute atomic E-state index is 11.1. The molecule has 0 spiro atoms. The minimum atomic E-state index is -4.24. The molecule has 0 fully saturated rings. The van der Waals surface area contributed by atoms with Crippen LogP contribution in [0.3, 0.4) is 0 Å². The number of nitrogens with two attached hydrogens (primary N) is 2. The van der Waals surface area contributed by atoms with Crippen LogP contribution in [0, 0.1) is 0 Å². The lowest BCUT2D eigenvalue weighted by atomic mass is 10.3. The van der Waals surface area contributed by atoms with E-state index in [0.717, 1.165) is 0 Å². The molecule has 6 N–H and O–H groups in total. The maximum atomic E-state index is 11.1. The summed E-state index contributed by atoms with van der Waals surface area (Å²) in [5, 5.41) is 7.94. The van der Waals surface area contributed by atoms with Gasteiger partial charge in [-0.2, -0.15) is 0 Å². The summed E-state index contributed by atoms with van der Waals surface area (Å²) in [5.74, 6) is 0. The molecule has 0 aliphatic heterocycles. The molecule has 0 saturated heterocycles. The first-order chi connectivity index (χ1) is 5.97. The van der Waals surface area contributed by atoms with Crippen LogP contribution in [0.1, 0.15) is 0 Å². The van der Waals surface area contributed by atoms with Crippen LogP contribution < -0.4 is 16.8 Å². The van der Waals surface area contributed by atoms with Crippen LogP contribution in [0.25, 0.3) is 0 Å². The van der Waals surface area contributed by atoms with E-state index in [4.69, 9.17) is 21.6 Å². The van der Waals surface area contributed by atoms with Crippen LogP contribution in [0.4, 0.5) is 11.4 Å². The van der Waals surface area contributed by atoms with Crippen molar-refractivity contribution in [3.05, 3.63) is 18.2 Å². The predicted octanol–water partition coefficient (Wildman–Crippen LogP) is 0.151. The molecule has 1 rings (SSSR count). The fourth-order valence-electron chi connectivity index (χ4n) is 0.849. The van der Waals surface area contributed by atoms with E-state index in [9.17, 15) is 4.57 Å². The molecule has 0 aliphatic carbocycles. The molecular formula is C6H9N2O4P. The third-order valence-electron chi connectivity index (χ3n) is 1.47. The zero-order valence-corrected chi connectivity index (χ0v) is 7.44. The van der Waals surface area contributed by atoms with Crippen molar-refractivity contribution in [1.29, 1.82) is 0 Å². The number of hydrogen-bond acceptors (Lipinski definition) is 5. The first-order valence-corrected chi connectivity index (χ1v) is 4.86. The van der Waals surface area contributed by atoms with E-state index in [2.05, 4.69) is 4.67 Å². The summed E-state index contributed by atoms with van der Waals surface area (Å²) in [4.78, 5) is 9.05. The van der Waals surface area contributed by atoms with E-state index < -0.39 is 7.60 Å². The molecule has 0 radical (unpaired) electrons. The average Bonchev–Trinajstić information content (AvgIpc) is 2.09. The van der Waals surface area contributed by atoms with E-state index in [0.29, 0.717) is 0 Å². The van der Waals surface area contributed by atoms with Crippen molar-refractivity contribution in [1.82, 2.24) is 0 Å². The Hall–Kier alpha value is -1.07. The van der Waals surface area contributed by atoms with Crippen LogP contribution in [-0.2, 0) is 9.24 Å². The predicted molar refractivity (Wildman–Crippen MR) is 48.4 cm³/mol. The molecular weight excluding hydrogens is 195 g/mol. The second-order valence-corrected chi connectivity index (χ2v) is 4.11. The van der Waals surface area contributed by atoms with Gasteiger partial charge in [0.1, 0.15) is 0 Å². The zero-order chi connectivity index (χ0) is 10.1. The summed E-state index contributed by atoms with van der Waals surface area (Å²) < 4.78 is 14.5. The van der Waals surface area contributed by atoms with Crippen molar-refractivity contribution < 1.29 is 19.4 Å². The summed E-state index contributed by atoms with van der Waals surface area (Å²) in [6.07, 6.45) is 0. The molecule has 6 nitrogen and oxygen atoms in total. The van der Waals surface area contributed by atoms with Gasteiger partial charge in [0.15, 0.2) is 0 Å². The fraction of sp³-hybridized carbons (Fsp3) is 0. The van der Waals surface area contributed by atoms with Crippen molar-refractivity contribution in [2.24, 2.45) is 0 Å². The smallest absolute Gasteiger partial charge is 0.387 e. The SMILES string of the molecule is Nc1ccc(N)c(P(=O)(O)OO)c1. The Labute approximate surface area is 74.2 Å². The minimum absolute atomic E-state index is 0.0362. The van der Waals surface area contributed by atoms with Crippen LogP contribution >= 0.6 is 7.60 Å². The first kappa shape index (κ1) is 10.0. The van der Waals surface area contributed by atoms with E-state index in [1.807, 2.05) is 0 Å². The van der Waals surface area contributed by atoms with E-state index in [-0.39, 0.29) is 16.7 Å². The van der Waals surface area contributed by atoms with Gasteiger partial charge in [0.2, 0.25) is 0 Å². The number of benzene rings is 1. The summed E-state index contributed by atoms with van der Waals surface area (Å²) >= 11 is 0. The number of anilines is 2. The molecule has 1 aromatic rings. The molecule has 0 aliphatic rings. The van der Waals surface area contributed by atoms with Gasteiger partial charge >= 0.3 is 7.60 Å². The Morgan fingerprint density at radius 1 is 1.38 bits per heavy atom. The standard InChI is InChI=1S/C6H9N2O4P/c7-4-1-2-5(8)6(3-4)13(10,11)12-9/h1-3,9H,7-8H2,(H,10,11). The Bertz CT molecular complexity index is 368. The largest absolute Gasteiger partial charge is 0.399 e. The lowest BCUT2D eigenvalue weighted by Gasteiger charge is -2.09. The zero-order valence-electron chi connectivity index (χ0n) is 6.54. The van der Waals surface area contributed by atoms with Crippen molar-refractivity contribution in [3.63, 3.8) is 0 Å². The molecule has 0 amide bonds. The Balaban J connectivity index is 3.29. The van der Waals surface area contributed by atoms with Crippen LogP contribution in [-0.4, -0.2) is 10.2 Å². The molecule has 0 bridgehead atoms. The Morgan fingerprint density at radius 3 is 2.54 bits per heavy atom. The maximum Gasteiger partial charge on any atom is 0.387 e. The van der Waals surface area contributed by atoms with Gasteiger partial charge in [-0.1, -0.05) is 0 Å². The summed E-state index contributed by atoms with van der Waals surface area (Å²) in [6.45, 7) is 0. The second-order valence-electron chi connectivity index (χ2n) is 2.42.